The highest BCUT2D eigenvalue weighted by molar-refractivity contribution is 5.82. The van der Waals surface area contributed by atoms with Gasteiger partial charge in [0.1, 0.15) is 0 Å². The molecule has 0 aliphatic carbocycles. The van der Waals surface area contributed by atoms with Crippen molar-refractivity contribution in [3.05, 3.63) is 23.8 Å². The molecule has 92 valence electrons. The number of nitrogens with one attached hydrogen (secondary N) is 1. The number of guanidine groups is 1. The molecule has 1 aromatic carbocycles. The minimum Gasteiger partial charge on any atom is -0.493 e. The Morgan fingerprint density at radius 1 is 1.35 bits per heavy atom. The van der Waals surface area contributed by atoms with Crippen molar-refractivity contribution in [2.75, 3.05) is 14.2 Å². The average Bonchev–Trinajstić information content (AvgIpc) is 2.38. The second kappa shape index (κ2) is 6.33. The topological polar surface area (TPSA) is 101 Å². The molecule has 7 nitrogen and oxygen atoms in total. The zero-order valence-corrected chi connectivity index (χ0v) is 9.54. The Morgan fingerprint density at radius 3 is 2.65 bits per heavy atom. The van der Waals surface area contributed by atoms with Gasteiger partial charge in [0.15, 0.2) is 11.5 Å². The molecule has 4 N–H and O–H groups in total. The number of methoxy groups -OCH3 is 2. The van der Waals surface area contributed by atoms with Gasteiger partial charge in [-0.15, -0.1) is 5.10 Å². The van der Waals surface area contributed by atoms with Gasteiger partial charge >= 0.3 is 0 Å². The minimum atomic E-state index is -0.193. The summed E-state index contributed by atoms with van der Waals surface area (Å²) >= 11 is 0. The fourth-order valence-electron chi connectivity index (χ4n) is 1.11. The number of ether oxygens (including phenoxy) is 2. The molecule has 0 saturated carbocycles. The van der Waals surface area contributed by atoms with Crippen LogP contribution in [0.25, 0.3) is 0 Å². The van der Waals surface area contributed by atoms with Crippen LogP contribution >= 0.6 is 0 Å². The van der Waals surface area contributed by atoms with Gasteiger partial charge in [-0.05, 0) is 23.8 Å². The van der Waals surface area contributed by atoms with Crippen LogP contribution in [-0.2, 0) is 0 Å². The van der Waals surface area contributed by atoms with Gasteiger partial charge in [0, 0.05) is 0 Å². The normalized spacial score (nSPS) is 11.6. The Morgan fingerprint density at radius 2 is 2.06 bits per heavy atom. The SMILES string of the molecule is COc1ccc(C=N/N=C(\N)NO)cc1OC. The first kappa shape index (κ1) is 12.8. The van der Waals surface area contributed by atoms with Crippen molar-refractivity contribution in [1.29, 1.82) is 0 Å². The second-order valence-electron chi connectivity index (χ2n) is 2.96. The standard InChI is InChI=1S/C10H14N4O3/c1-16-8-4-3-7(5-9(8)17-2)6-12-13-10(11)14-15/h3-6,15H,1-2H3,(H3,11,13,14). The van der Waals surface area contributed by atoms with Gasteiger partial charge in [-0.2, -0.15) is 5.10 Å². The summed E-state index contributed by atoms with van der Waals surface area (Å²) in [5.74, 6) is 1.03. The summed E-state index contributed by atoms with van der Waals surface area (Å²) in [6, 6.07) is 5.26. The summed E-state index contributed by atoms with van der Waals surface area (Å²) in [4.78, 5) is 0. The number of benzene rings is 1. The number of rotatable bonds is 4. The Bertz CT molecular complexity index is 432. The molecule has 0 atom stereocenters. The third-order valence-electron chi connectivity index (χ3n) is 1.89. The molecular weight excluding hydrogens is 224 g/mol. The largest absolute Gasteiger partial charge is 0.493 e. The first-order chi connectivity index (χ1) is 8.21. The van der Waals surface area contributed by atoms with E-state index < -0.39 is 0 Å². The Balaban J connectivity index is 2.86. The van der Waals surface area contributed by atoms with Crippen molar-refractivity contribution >= 4 is 12.2 Å². The highest BCUT2D eigenvalue weighted by atomic mass is 16.5. The number of nitrogens with zero attached hydrogens (tertiary/aromatic N) is 2. The summed E-state index contributed by atoms with van der Waals surface area (Å²) < 4.78 is 10.2. The van der Waals surface area contributed by atoms with Gasteiger partial charge in [-0.3, -0.25) is 5.21 Å². The van der Waals surface area contributed by atoms with Gasteiger partial charge in [0.2, 0.25) is 5.96 Å². The molecule has 0 aliphatic rings. The van der Waals surface area contributed by atoms with Crippen LogP contribution in [0.3, 0.4) is 0 Å². The van der Waals surface area contributed by atoms with Gasteiger partial charge < -0.3 is 15.2 Å². The minimum absolute atomic E-state index is 0.193. The third kappa shape index (κ3) is 3.65. The molecule has 0 spiro atoms. The van der Waals surface area contributed by atoms with Crippen LogP contribution in [0, 0.1) is 0 Å². The fourth-order valence-corrected chi connectivity index (χ4v) is 1.11. The van der Waals surface area contributed by atoms with Gasteiger partial charge in [-0.1, -0.05) is 0 Å². The third-order valence-corrected chi connectivity index (χ3v) is 1.89. The molecule has 0 saturated heterocycles. The maximum Gasteiger partial charge on any atom is 0.237 e. The van der Waals surface area contributed by atoms with E-state index in [4.69, 9.17) is 20.4 Å². The molecule has 1 aromatic rings. The molecule has 0 heterocycles. The molecule has 0 unspecified atom stereocenters. The van der Waals surface area contributed by atoms with E-state index in [2.05, 4.69) is 10.2 Å². The highest BCUT2D eigenvalue weighted by Gasteiger charge is 2.02. The Hall–Kier alpha value is -2.28. The van der Waals surface area contributed by atoms with E-state index in [9.17, 15) is 0 Å². The highest BCUT2D eigenvalue weighted by Crippen LogP contribution is 2.26. The van der Waals surface area contributed by atoms with Crippen LogP contribution in [0.1, 0.15) is 5.56 Å². The van der Waals surface area contributed by atoms with E-state index >= 15 is 0 Å². The van der Waals surface area contributed by atoms with E-state index in [1.54, 1.807) is 37.9 Å². The van der Waals surface area contributed by atoms with Crippen LogP contribution in [0.4, 0.5) is 0 Å². The van der Waals surface area contributed by atoms with Crippen molar-refractivity contribution in [2.45, 2.75) is 0 Å². The summed E-state index contributed by atoms with van der Waals surface area (Å²) in [6.45, 7) is 0. The molecule has 0 amide bonds. The number of nitrogens with two attached hydrogens (primary N) is 1. The van der Waals surface area contributed by atoms with E-state index in [0.29, 0.717) is 11.5 Å². The maximum atomic E-state index is 8.37. The number of hydroxylamine groups is 1. The predicted molar refractivity (Wildman–Crippen MR) is 63.7 cm³/mol. The molecular formula is C10H14N4O3. The van der Waals surface area contributed by atoms with E-state index in [-0.39, 0.29) is 5.96 Å². The van der Waals surface area contributed by atoms with Gasteiger partial charge in [0.25, 0.3) is 0 Å². The molecule has 0 radical (unpaired) electrons. The molecule has 17 heavy (non-hydrogen) atoms. The summed E-state index contributed by atoms with van der Waals surface area (Å²) in [6.07, 6.45) is 1.46. The predicted octanol–water partition coefficient (Wildman–Crippen LogP) is 0.331. The van der Waals surface area contributed by atoms with Crippen LogP contribution in [-0.4, -0.2) is 31.6 Å². The van der Waals surface area contributed by atoms with Crippen LogP contribution < -0.4 is 20.7 Å². The molecule has 0 aromatic heterocycles. The zero-order chi connectivity index (χ0) is 12.7. The quantitative estimate of drug-likeness (QED) is 0.398. The smallest absolute Gasteiger partial charge is 0.237 e. The lowest BCUT2D eigenvalue weighted by atomic mass is 10.2. The summed E-state index contributed by atoms with van der Waals surface area (Å²) in [5, 5.41) is 15.5. The van der Waals surface area contributed by atoms with Gasteiger partial charge in [0.05, 0.1) is 20.4 Å². The first-order valence-electron chi connectivity index (χ1n) is 4.70. The Labute approximate surface area is 98.5 Å². The summed E-state index contributed by atoms with van der Waals surface area (Å²) in [5.41, 5.74) is 7.59. The lowest BCUT2D eigenvalue weighted by Crippen LogP contribution is -2.27. The number of hydrogen-bond donors (Lipinski definition) is 3. The van der Waals surface area contributed by atoms with Crippen LogP contribution in [0.2, 0.25) is 0 Å². The monoisotopic (exact) mass is 238 g/mol. The van der Waals surface area contributed by atoms with Crippen LogP contribution in [0.5, 0.6) is 11.5 Å². The lowest BCUT2D eigenvalue weighted by Gasteiger charge is -2.07. The van der Waals surface area contributed by atoms with Crippen molar-refractivity contribution in [3.63, 3.8) is 0 Å². The number of hydrogen-bond acceptors (Lipinski definition) is 5. The zero-order valence-electron chi connectivity index (χ0n) is 9.54. The molecule has 0 bridgehead atoms. The van der Waals surface area contributed by atoms with Crippen molar-refractivity contribution in [3.8, 4) is 11.5 Å². The Kier molecular flexibility index (Phi) is 4.77. The van der Waals surface area contributed by atoms with Crippen molar-refractivity contribution < 1.29 is 14.7 Å². The summed E-state index contributed by atoms with van der Waals surface area (Å²) in [7, 11) is 3.11. The van der Waals surface area contributed by atoms with Crippen molar-refractivity contribution in [2.24, 2.45) is 15.9 Å². The first-order valence-corrected chi connectivity index (χ1v) is 4.70. The van der Waals surface area contributed by atoms with E-state index in [0.717, 1.165) is 5.56 Å². The van der Waals surface area contributed by atoms with Crippen molar-refractivity contribution in [1.82, 2.24) is 5.48 Å². The molecule has 0 aliphatic heterocycles. The average molecular weight is 238 g/mol. The lowest BCUT2D eigenvalue weighted by molar-refractivity contribution is 0.232. The fraction of sp³-hybridized carbons (Fsp3) is 0.200. The van der Waals surface area contributed by atoms with E-state index in [1.165, 1.54) is 6.21 Å². The molecule has 7 heteroatoms. The van der Waals surface area contributed by atoms with Crippen LogP contribution in [0.15, 0.2) is 28.4 Å². The molecule has 1 rings (SSSR count). The molecule has 0 fully saturated rings. The second-order valence-corrected chi connectivity index (χ2v) is 2.96. The van der Waals surface area contributed by atoms with Gasteiger partial charge in [-0.25, -0.2) is 5.48 Å². The van der Waals surface area contributed by atoms with E-state index in [1.807, 2.05) is 0 Å². The maximum absolute atomic E-state index is 8.37.